The fourth-order valence-corrected chi connectivity index (χ4v) is 4.08. The van der Waals surface area contributed by atoms with E-state index in [2.05, 4.69) is 16.3 Å². The van der Waals surface area contributed by atoms with Crippen LogP contribution in [0.15, 0.2) is 0 Å². The quantitative estimate of drug-likeness (QED) is 0.568. The molecule has 2 aliphatic rings. The van der Waals surface area contributed by atoms with Gasteiger partial charge in [-0.3, -0.25) is 0 Å². The lowest BCUT2D eigenvalue weighted by molar-refractivity contribution is 0.0114. The highest BCUT2D eigenvalue weighted by Crippen LogP contribution is 2.43. The Kier molecular flexibility index (Phi) is 4.58. The second-order valence-corrected chi connectivity index (χ2v) is 6.82. The molecule has 0 aromatic rings. The molecule has 90 valence electrons. The van der Waals surface area contributed by atoms with Crippen molar-refractivity contribution in [3.63, 3.8) is 0 Å². The first kappa shape index (κ1) is 13.2. The third-order valence-corrected chi connectivity index (χ3v) is 5.53. The molecule has 0 amide bonds. The molecule has 0 aliphatic heterocycles. The minimum absolute atomic E-state index is 0.276. The van der Waals surface area contributed by atoms with Gasteiger partial charge in [-0.15, -0.1) is 16.4 Å². The molecule has 1 nitrogen and oxygen atoms in total. The van der Waals surface area contributed by atoms with Crippen LogP contribution in [0.4, 0.5) is 4.39 Å². The number of aliphatic hydroxyl groups excluding tert-OH is 1. The number of aliphatic hydroxyl groups is 1. The zero-order chi connectivity index (χ0) is 11.7. The van der Waals surface area contributed by atoms with Crippen LogP contribution in [0.2, 0.25) is 4.78 Å². The van der Waals surface area contributed by atoms with Gasteiger partial charge in [-0.25, -0.2) is 4.39 Å². The molecule has 0 bridgehead atoms. The van der Waals surface area contributed by atoms with Gasteiger partial charge >= 0.3 is 0 Å². The SMILES string of the molecule is OC1CCC(C2CC[CH]([Al])CC2)C(Cl)C1F. The van der Waals surface area contributed by atoms with E-state index in [1.165, 1.54) is 25.7 Å². The van der Waals surface area contributed by atoms with E-state index in [4.69, 9.17) is 11.6 Å². The summed E-state index contributed by atoms with van der Waals surface area (Å²) in [5.41, 5.74) is 0. The van der Waals surface area contributed by atoms with Gasteiger partial charge in [0.1, 0.15) is 22.5 Å². The smallest absolute Gasteiger partial charge is 0.142 e. The number of hydrogen-bond acceptors (Lipinski definition) is 1. The largest absolute Gasteiger partial charge is 0.390 e. The van der Waals surface area contributed by atoms with Crippen LogP contribution in [0, 0.1) is 11.8 Å². The zero-order valence-corrected chi connectivity index (χ0v) is 11.4. The van der Waals surface area contributed by atoms with Gasteiger partial charge in [0.15, 0.2) is 0 Å². The second kappa shape index (κ2) is 5.57. The Bertz CT molecular complexity index is 233. The molecule has 2 rings (SSSR count). The minimum Gasteiger partial charge on any atom is -0.390 e. The summed E-state index contributed by atoms with van der Waals surface area (Å²) in [5.74, 6) is 0.850. The molecule has 0 saturated heterocycles. The second-order valence-electron chi connectivity index (χ2n) is 5.37. The highest BCUT2D eigenvalue weighted by molar-refractivity contribution is 6.21. The van der Waals surface area contributed by atoms with Crippen LogP contribution in [0.25, 0.3) is 0 Å². The van der Waals surface area contributed by atoms with E-state index in [9.17, 15) is 9.50 Å². The van der Waals surface area contributed by atoms with Gasteiger partial charge < -0.3 is 5.11 Å². The Labute approximate surface area is 110 Å². The third kappa shape index (κ3) is 2.75. The van der Waals surface area contributed by atoms with E-state index in [-0.39, 0.29) is 5.92 Å². The van der Waals surface area contributed by atoms with E-state index >= 15 is 0 Å². The first-order chi connectivity index (χ1) is 7.59. The van der Waals surface area contributed by atoms with Crippen molar-refractivity contribution < 1.29 is 9.50 Å². The van der Waals surface area contributed by atoms with Crippen molar-refractivity contribution in [1.29, 1.82) is 0 Å². The van der Waals surface area contributed by atoms with Gasteiger partial charge in [-0.05, 0) is 24.7 Å². The van der Waals surface area contributed by atoms with Crippen molar-refractivity contribution in [1.82, 2.24) is 0 Å². The number of alkyl halides is 2. The molecular weight excluding hydrogens is 242 g/mol. The lowest BCUT2D eigenvalue weighted by atomic mass is 9.72. The fraction of sp³-hybridized carbons (Fsp3) is 1.00. The summed E-state index contributed by atoms with van der Waals surface area (Å²) in [7, 11) is 0. The maximum Gasteiger partial charge on any atom is 0.142 e. The van der Waals surface area contributed by atoms with E-state index in [0.29, 0.717) is 12.3 Å². The fourth-order valence-electron chi connectivity index (χ4n) is 3.20. The van der Waals surface area contributed by atoms with Gasteiger partial charge in [-0.1, -0.05) is 25.7 Å². The maximum absolute atomic E-state index is 13.7. The first-order valence-corrected chi connectivity index (χ1v) is 7.41. The highest BCUT2D eigenvalue weighted by atomic mass is 35.5. The van der Waals surface area contributed by atoms with Crippen LogP contribution in [0.1, 0.15) is 38.5 Å². The Morgan fingerprint density at radius 3 is 2.31 bits per heavy atom. The van der Waals surface area contributed by atoms with Gasteiger partial charge in [0.2, 0.25) is 0 Å². The predicted octanol–water partition coefficient (Wildman–Crippen LogP) is 2.85. The van der Waals surface area contributed by atoms with Gasteiger partial charge in [0, 0.05) is 0 Å². The molecule has 2 fully saturated rings. The standard InChI is InChI=1S/C12H19ClFO.Al/c13-11-9(6-7-10(15)12(11)14)8-4-2-1-3-5-8;/h1,8-12,15H,2-7H2;. The molecule has 4 heteroatoms. The molecule has 4 unspecified atom stereocenters. The molecule has 0 spiro atoms. The van der Waals surface area contributed by atoms with Crippen LogP contribution in [-0.4, -0.2) is 39.0 Å². The Balaban J connectivity index is 1.94. The number of halogens is 2. The lowest BCUT2D eigenvalue weighted by Gasteiger charge is -2.40. The van der Waals surface area contributed by atoms with Crippen molar-refractivity contribution >= 4 is 27.9 Å². The molecule has 4 atom stereocenters. The minimum atomic E-state index is -1.23. The molecule has 1 N–H and O–H groups in total. The van der Waals surface area contributed by atoms with Crippen LogP contribution >= 0.6 is 11.6 Å². The predicted molar refractivity (Wildman–Crippen MR) is 64.7 cm³/mol. The summed E-state index contributed by atoms with van der Waals surface area (Å²) in [4.78, 5) is 0. The monoisotopic (exact) mass is 260 g/mol. The average molecular weight is 261 g/mol. The van der Waals surface area contributed by atoms with E-state index in [0.717, 1.165) is 11.2 Å². The summed E-state index contributed by atoms with van der Waals surface area (Å²) in [6.45, 7) is 0. The average Bonchev–Trinajstić information content (AvgIpc) is 2.28. The lowest BCUT2D eigenvalue weighted by Crippen LogP contribution is -2.43. The summed E-state index contributed by atoms with van der Waals surface area (Å²) in [6, 6.07) is 0. The van der Waals surface area contributed by atoms with Crippen LogP contribution in [0.5, 0.6) is 0 Å². The summed E-state index contributed by atoms with van der Waals surface area (Å²) < 4.78 is 14.4. The third-order valence-electron chi connectivity index (χ3n) is 4.30. The summed E-state index contributed by atoms with van der Waals surface area (Å²) >= 11 is 9.04. The first-order valence-electron chi connectivity index (χ1n) is 6.31. The van der Waals surface area contributed by atoms with Gasteiger partial charge in [0.25, 0.3) is 0 Å². The normalized spacial score (nSPS) is 50.2. The molecule has 0 heterocycles. The Hall–Kier alpha value is 0.712. The number of rotatable bonds is 1. The van der Waals surface area contributed by atoms with Gasteiger partial charge in [-0.2, -0.15) is 0 Å². The van der Waals surface area contributed by atoms with E-state index in [1.54, 1.807) is 0 Å². The van der Waals surface area contributed by atoms with Crippen molar-refractivity contribution in [2.45, 2.75) is 61.0 Å². The molecular formula is C12H19AlClFO. The van der Waals surface area contributed by atoms with Crippen molar-refractivity contribution in [3.05, 3.63) is 0 Å². The number of hydrogen-bond donors (Lipinski definition) is 1. The summed E-state index contributed by atoms with van der Waals surface area (Å²) in [5, 5.41) is 8.97. The van der Waals surface area contributed by atoms with Crippen LogP contribution < -0.4 is 0 Å². The van der Waals surface area contributed by atoms with Crippen molar-refractivity contribution in [2.24, 2.45) is 11.8 Å². The van der Waals surface area contributed by atoms with Crippen molar-refractivity contribution in [2.75, 3.05) is 0 Å². The van der Waals surface area contributed by atoms with E-state index in [1.807, 2.05) is 0 Å². The molecule has 16 heavy (non-hydrogen) atoms. The molecule has 0 aromatic heterocycles. The molecule has 2 aliphatic carbocycles. The topological polar surface area (TPSA) is 20.2 Å². The van der Waals surface area contributed by atoms with E-state index < -0.39 is 17.7 Å². The Morgan fingerprint density at radius 2 is 1.69 bits per heavy atom. The van der Waals surface area contributed by atoms with Crippen LogP contribution in [-0.2, 0) is 0 Å². The zero-order valence-electron chi connectivity index (χ0n) is 9.49. The molecule has 2 saturated carbocycles. The van der Waals surface area contributed by atoms with Gasteiger partial charge in [0.05, 0.1) is 11.5 Å². The molecule has 0 aromatic carbocycles. The maximum atomic E-state index is 13.7. The van der Waals surface area contributed by atoms with Crippen molar-refractivity contribution in [3.8, 4) is 0 Å². The van der Waals surface area contributed by atoms with Crippen LogP contribution in [0.3, 0.4) is 0 Å². The molecule has 2 radical (unpaired) electrons. The highest BCUT2D eigenvalue weighted by Gasteiger charge is 2.41. The summed E-state index contributed by atoms with van der Waals surface area (Å²) in [6.07, 6.45) is 4.18. The Morgan fingerprint density at radius 1 is 1.06 bits per heavy atom.